The molecule has 3 nitrogen and oxygen atoms in total. The van der Waals surface area contributed by atoms with E-state index in [-0.39, 0.29) is 12.5 Å². The maximum absolute atomic E-state index is 12.0. The summed E-state index contributed by atoms with van der Waals surface area (Å²) in [5.74, 6) is 0.0386. The van der Waals surface area contributed by atoms with Gasteiger partial charge >= 0.3 is 0 Å². The van der Waals surface area contributed by atoms with Gasteiger partial charge in [-0.15, -0.1) is 0 Å². The molecule has 0 aliphatic heterocycles. The lowest BCUT2D eigenvalue weighted by molar-refractivity contribution is -0.120. The second-order valence-corrected chi connectivity index (χ2v) is 6.67. The van der Waals surface area contributed by atoms with Crippen molar-refractivity contribution in [2.24, 2.45) is 0 Å². The quantitative estimate of drug-likeness (QED) is 0.873. The van der Waals surface area contributed by atoms with E-state index in [1.54, 1.807) is 0 Å². The lowest BCUT2D eigenvalue weighted by Crippen LogP contribution is -2.41. The summed E-state index contributed by atoms with van der Waals surface area (Å²) in [4.78, 5) is 12.0. The Labute approximate surface area is 129 Å². The van der Waals surface area contributed by atoms with Gasteiger partial charge < -0.3 is 10.6 Å². The highest BCUT2D eigenvalue weighted by molar-refractivity contribution is 7.99. The zero-order chi connectivity index (χ0) is 14.4. The molecule has 2 N–H and O–H groups in total. The number of nitrogens with one attached hydrogen (secondary N) is 2. The van der Waals surface area contributed by atoms with Gasteiger partial charge in [-0.05, 0) is 37.7 Å². The van der Waals surface area contributed by atoms with Crippen LogP contribution in [-0.4, -0.2) is 30.0 Å². The van der Waals surface area contributed by atoms with E-state index < -0.39 is 0 Å². The monoisotopic (exact) mass is 312 g/mol. The molecule has 1 aliphatic carbocycles. The summed E-state index contributed by atoms with van der Waals surface area (Å²) >= 11 is 7.94. The Morgan fingerprint density at radius 1 is 1.40 bits per heavy atom. The number of rotatable bonds is 5. The van der Waals surface area contributed by atoms with E-state index in [2.05, 4.69) is 16.9 Å². The highest BCUT2D eigenvalue weighted by atomic mass is 35.5. The van der Waals surface area contributed by atoms with Crippen LogP contribution in [0.3, 0.4) is 0 Å². The molecular formula is C15H21ClN2OS. The van der Waals surface area contributed by atoms with Crippen molar-refractivity contribution in [2.75, 3.05) is 18.1 Å². The van der Waals surface area contributed by atoms with Crippen LogP contribution in [0.15, 0.2) is 24.3 Å². The van der Waals surface area contributed by atoms with E-state index in [9.17, 15) is 4.79 Å². The largest absolute Gasteiger partial charge is 0.375 e. The van der Waals surface area contributed by atoms with Crippen LogP contribution in [0.2, 0.25) is 5.02 Å². The first-order valence-electron chi connectivity index (χ1n) is 6.99. The Bertz CT molecular complexity index is 455. The molecule has 1 saturated carbocycles. The van der Waals surface area contributed by atoms with Crippen molar-refractivity contribution >= 4 is 35.0 Å². The van der Waals surface area contributed by atoms with Gasteiger partial charge in [0.05, 0.1) is 17.3 Å². The van der Waals surface area contributed by atoms with Gasteiger partial charge in [0.1, 0.15) is 0 Å². The number of carbonyl (C=O) groups is 1. The van der Waals surface area contributed by atoms with Crippen molar-refractivity contribution in [3.63, 3.8) is 0 Å². The molecule has 20 heavy (non-hydrogen) atoms. The van der Waals surface area contributed by atoms with Crippen molar-refractivity contribution in [1.82, 2.24) is 5.32 Å². The molecule has 1 aromatic rings. The standard InChI is InChI=1S/C15H21ClN2OS/c1-20-12-6-4-5-11(9-12)18-15(19)10-17-14-8-3-2-7-13(14)16/h2-3,7-8,11-12,17H,4-6,9-10H2,1H3,(H,18,19)/t11-,12-/m1/s1. The van der Waals surface area contributed by atoms with E-state index in [4.69, 9.17) is 11.6 Å². The molecule has 0 unspecified atom stereocenters. The van der Waals surface area contributed by atoms with Gasteiger partial charge in [0.2, 0.25) is 5.91 Å². The Balaban J connectivity index is 1.77. The number of thioether (sulfide) groups is 1. The predicted octanol–water partition coefficient (Wildman–Crippen LogP) is 3.54. The molecule has 1 aliphatic rings. The molecule has 0 bridgehead atoms. The summed E-state index contributed by atoms with van der Waals surface area (Å²) in [5.41, 5.74) is 0.801. The summed E-state index contributed by atoms with van der Waals surface area (Å²) in [6.45, 7) is 0.268. The Kier molecular flexibility index (Phi) is 6.05. The minimum absolute atomic E-state index is 0.0386. The van der Waals surface area contributed by atoms with Crippen LogP contribution in [0, 0.1) is 0 Å². The molecule has 1 aromatic carbocycles. The minimum atomic E-state index is 0.0386. The summed E-state index contributed by atoms with van der Waals surface area (Å²) < 4.78 is 0. The summed E-state index contributed by atoms with van der Waals surface area (Å²) in [7, 11) is 0. The van der Waals surface area contributed by atoms with Gasteiger partial charge in [-0.2, -0.15) is 11.8 Å². The smallest absolute Gasteiger partial charge is 0.239 e. The Morgan fingerprint density at radius 2 is 2.20 bits per heavy atom. The fourth-order valence-corrected chi connectivity index (χ4v) is 3.58. The van der Waals surface area contributed by atoms with Gasteiger partial charge in [-0.1, -0.05) is 30.2 Å². The van der Waals surface area contributed by atoms with Crippen LogP contribution in [0.25, 0.3) is 0 Å². The molecule has 110 valence electrons. The van der Waals surface area contributed by atoms with Crippen LogP contribution in [0.4, 0.5) is 5.69 Å². The predicted molar refractivity (Wildman–Crippen MR) is 87.6 cm³/mol. The summed E-state index contributed by atoms with van der Waals surface area (Å²) in [6.07, 6.45) is 6.79. The zero-order valence-corrected chi connectivity index (χ0v) is 13.3. The molecule has 0 saturated heterocycles. The number of para-hydroxylation sites is 1. The van der Waals surface area contributed by atoms with Crippen molar-refractivity contribution in [3.05, 3.63) is 29.3 Å². The van der Waals surface area contributed by atoms with Crippen LogP contribution < -0.4 is 10.6 Å². The zero-order valence-electron chi connectivity index (χ0n) is 11.7. The van der Waals surface area contributed by atoms with Gasteiger partial charge in [0.15, 0.2) is 0 Å². The number of halogens is 1. The van der Waals surface area contributed by atoms with E-state index in [1.807, 2.05) is 36.0 Å². The van der Waals surface area contributed by atoms with Crippen LogP contribution in [0.1, 0.15) is 25.7 Å². The average Bonchev–Trinajstić information content (AvgIpc) is 2.46. The SMILES string of the molecule is CS[C@@H]1CCC[C@@H](NC(=O)CNc2ccccc2Cl)C1. The third kappa shape index (κ3) is 4.60. The summed E-state index contributed by atoms with van der Waals surface area (Å²) in [5, 5.41) is 7.52. The van der Waals surface area contributed by atoms with Crippen molar-refractivity contribution in [2.45, 2.75) is 37.0 Å². The molecule has 1 fully saturated rings. The average molecular weight is 313 g/mol. The fraction of sp³-hybridized carbons (Fsp3) is 0.533. The van der Waals surface area contributed by atoms with E-state index >= 15 is 0 Å². The molecule has 0 heterocycles. The Hall–Kier alpha value is -0.870. The van der Waals surface area contributed by atoms with Gasteiger partial charge in [0, 0.05) is 11.3 Å². The van der Waals surface area contributed by atoms with Gasteiger partial charge in [-0.25, -0.2) is 0 Å². The normalized spacial score (nSPS) is 22.3. The molecule has 5 heteroatoms. The molecule has 0 aromatic heterocycles. The first-order valence-corrected chi connectivity index (χ1v) is 8.66. The molecule has 0 spiro atoms. The molecule has 2 atom stereocenters. The molecule has 1 amide bonds. The Morgan fingerprint density at radius 3 is 2.95 bits per heavy atom. The van der Waals surface area contributed by atoms with E-state index in [0.29, 0.717) is 16.3 Å². The number of hydrogen-bond acceptors (Lipinski definition) is 3. The number of carbonyl (C=O) groups excluding carboxylic acids is 1. The van der Waals surface area contributed by atoms with Crippen LogP contribution in [0.5, 0.6) is 0 Å². The lowest BCUT2D eigenvalue weighted by atomic mass is 9.95. The van der Waals surface area contributed by atoms with Crippen LogP contribution >= 0.6 is 23.4 Å². The van der Waals surface area contributed by atoms with Gasteiger partial charge in [0.25, 0.3) is 0 Å². The highest BCUT2D eigenvalue weighted by Gasteiger charge is 2.22. The second-order valence-electron chi connectivity index (χ2n) is 5.12. The first-order chi connectivity index (χ1) is 9.69. The number of hydrogen-bond donors (Lipinski definition) is 2. The number of anilines is 1. The van der Waals surface area contributed by atoms with E-state index in [1.165, 1.54) is 12.8 Å². The topological polar surface area (TPSA) is 41.1 Å². The number of amides is 1. The third-order valence-corrected chi connectivity index (χ3v) is 5.06. The van der Waals surface area contributed by atoms with E-state index in [0.717, 1.165) is 18.5 Å². The number of benzene rings is 1. The summed E-state index contributed by atoms with van der Waals surface area (Å²) in [6, 6.07) is 7.78. The van der Waals surface area contributed by atoms with Crippen molar-refractivity contribution in [1.29, 1.82) is 0 Å². The molecule has 0 radical (unpaired) electrons. The maximum Gasteiger partial charge on any atom is 0.239 e. The maximum atomic E-state index is 12.0. The highest BCUT2D eigenvalue weighted by Crippen LogP contribution is 2.26. The molecular weight excluding hydrogens is 292 g/mol. The van der Waals surface area contributed by atoms with Crippen molar-refractivity contribution in [3.8, 4) is 0 Å². The fourth-order valence-electron chi connectivity index (χ4n) is 2.55. The lowest BCUT2D eigenvalue weighted by Gasteiger charge is -2.28. The van der Waals surface area contributed by atoms with Crippen molar-refractivity contribution < 1.29 is 4.79 Å². The minimum Gasteiger partial charge on any atom is -0.375 e. The molecule has 2 rings (SSSR count). The third-order valence-electron chi connectivity index (χ3n) is 3.64. The van der Waals surface area contributed by atoms with Gasteiger partial charge in [-0.3, -0.25) is 4.79 Å². The first kappa shape index (κ1) is 15.5. The van der Waals surface area contributed by atoms with Crippen LogP contribution in [-0.2, 0) is 4.79 Å². The second kappa shape index (κ2) is 7.79.